The Labute approximate surface area is 83.2 Å². The Morgan fingerprint density at radius 3 is 1.92 bits per heavy atom. The van der Waals surface area contributed by atoms with Gasteiger partial charge in [0.15, 0.2) is 0 Å². The molecule has 1 amide bonds. The van der Waals surface area contributed by atoms with Crippen molar-refractivity contribution in [2.45, 2.75) is 0 Å². The maximum absolute atomic E-state index is 8.78. The minimum atomic E-state index is -1.33. The highest BCUT2D eigenvalue weighted by atomic mass is 127. The summed E-state index contributed by atoms with van der Waals surface area (Å²) in [6.07, 6.45) is -1.33. The molecule has 4 N–H and O–H groups in total. The minimum Gasteiger partial charge on any atom is -0.508 e. The number of aromatic hydroxyl groups is 1. The number of halogens is 1. The summed E-state index contributed by atoms with van der Waals surface area (Å²) >= 11 is 2.19. The van der Waals surface area contributed by atoms with Crippen molar-refractivity contribution >= 4 is 28.7 Å². The Bertz CT molecular complexity index is 222. The largest absolute Gasteiger partial charge is 0.508 e. The Morgan fingerprint density at radius 2 is 1.67 bits per heavy atom. The molecule has 0 aliphatic carbocycles. The molecule has 12 heavy (non-hydrogen) atoms. The number of hydrogen-bond donors (Lipinski definition) is 3. The van der Waals surface area contributed by atoms with Crippen LogP contribution >= 0.6 is 22.6 Å². The lowest BCUT2D eigenvalue weighted by atomic mass is 10.3. The Morgan fingerprint density at radius 1 is 1.33 bits per heavy atom. The first-order chi connectivity index (χ1) is 5.52. The molecule has 1 rings (SSSR count). The fourth-order valence-corrected chi connectivity index (χ4v) is 0.801. The second-order valence-electron chi connectivity index (χ2n) is 1.81. The van der Waals surface area contributed by atoms with E-state index in [0.717, 1.165) is 3.57 Å². The predicted molar refractivity (Wildman–Crippen MR) is 53.0 cm³/mol. The first-order valence-electron chi connectivity index (χ1n) is 2.95. The number of nitrogens with two attached hydrogens (primary N) is 1. The van der Waals surface area contributed by atoms with E-state index in [2.05, 4.69) is 28.3 Å². The van der Waals surface area contributed by atoms with Crippen LogP contribution in [0.1, 0.15) is 0 Å². The second kappa shape index (κ2) is 5.64. The lowest BCUT2D eigenvalue weighted by Crippen LogP contribution is -2.03. The van der Waals surface area contributed by atoms with E-state index >= 15 is 0 Å². The summed E-state index contributed by atoms with van der Waals surface area (Å²) < 4.78 is 1.14. The number of hydrogen-bond acceptors (Lipinski definition) is 2. The number of phenolic OH excluding ortho intramolecular Hbond substituents is 1. The average Bonchev–Trinajstić information content (AvgIpc) is 1.94. The van der Waals surface area contributed by atoms with E-state index in [0.29, 0.717) is 5.75 Å². The molecule has 0 fully saturated rings. The van der Waals surface area contributed by atoms with Crippen LogP contribution in [0.25, 0.3) is 0 Å². The monoisotopic (exact) mass is 281 g/mol. The van der Waals surface area contributed by atoms with E-state index < -0.39 is 6.09 Å². The van der Waals surface area contributed by atoms with Crippen LogP contribution in [-0.4, -0.2) is 16.3 Å². The summed E-state index contributed by atoms with van der Waals surface area (Å²) in [5, 5.41) is 15.9. The van der Waals surface area contributed by atoms with Crippen molar-refractivity contribution in [2.75, 3.05) is 0 Å². The van der Waals surface area contributed by atoms with Crippen LogP contribution in [0.4, 0.5) is 4.79 Å². The molecule has 1 aromatic rings. The van der Waals surface area contributed by atoms with Gasteiger partial charge in [-0.15, -0.1) is 0 Å². The lowest BCUT2D eigenvalue weighted by molar-refractivity contribution is 0.205. The smallest absolute Gasteiger partial charge is 0.402 e. The maximum Gasteiger partial charge on any atom is 0.402 e. The van der Waals surface area contributed by atoms with Gasteiger partial charge in [0.05, 0.1) is 0 Å². The Balaban J connectivity index is 0.000000261. The molecular weight excluding hydrogens is 273 g/mol. The number of carbonyl (C=O) groups is 1. The summed E-state index contributed by atoms with van der Waals surface area (Å²) in [6, 6.07) is 7.05. The molecule has 0 unspecified atom stereocenters. The summed E-state index contributed by atoms with van der Waals surface area (Å²) in [4.78, 5) is 8.78. The first kappa shape index (κ1) is 11.0. The summed E-state index contributed by atoms with van der Waals surface area (Å²) in [5.74, 6) is 0.324. The summed E-state index contributed by atoms with van der Waals surface area (Å²) in [6.45, 7) is 0. The molecular formula is C7H8INO3. The highest BCUT2D eigenvalue weighted by Gasteiger charge is 1.83. The van der Waals surface area contributed by atoms with Crippen molar-refractivity contribution in [3.05, 3.63) is 27.8 Å². The van der Waals surface area contributed by atoms with Crippen LogP contribution < -0.4 is 5.73 Å². The first-order valence-corrected chi connectivity index (χ1v) is 4.03. The van der Waals surface area contributed by atoms with Crippen molar-refractivity contribution in [1.29, 1.82) is 0 Å². The Hall–Kier alpha value is -0.980. The Kier molecular flexibility index (Phi) is 5.18. The van der Waals surface area contributed by atoms with E-state index in [4.69, 9.17) is 15.0 Å². The standard InChI is InChI=1S/C6H5IO.CH3NO2/c7-5-1-3-6(8)4-2-5;2-1(3)4/h1-4,8H;2H2,(H,3,4). The zero-order valence-electron chi connectivity index (χ0n) is 6.07. The van der Waals surface area contributed by atoms with Crippen molar-refractivity contribution < 1.29 is 15.0 Å². The van der Waals surface area contributed by atoms with Gasteiger partial charge in [-0.05, 0) is 46.9 Å². The van der Waals surface area contributed by atoms with E-state index in [9.17, 15) is 0 Å². The zero-order chi connectivity index (χ0) is 9.56. The summed E-state index contributed by atoms with van der Waals surface area (Å²) in [5.41, 5.74) is 4.03. The van der Waals surface area contributed by atoms with E-state index in [1.807, 2.05) is 12.1 Å². The van der Waals surface area contributed by atoms with Crippen LogP contribution in [0.5, 0.6) is 5.75 Å². The van der Waals surface area contributed by atoms with Crippen LogP contribution in [0, 0.1) is 3.57 Å². The average molecular weight is 281 g/mol. The third-order valence-corrected chi connectivity index (χ3v) is 1.55. The number of rotatable bonds is 0. The van der Waals surface area contributed by atoms with Gasteiger partial charge in [0.25, 0.3) is 0 Å². The number of amides is 1. The van der Waals surface area contributed by atoms with Gasteiger partial charge < -0.3 is 15.9 Å². The molecule has 5 heteroatoms. The molecule has 66 valence electrons. The second-order valence-corrected chi connectivity index (χ2v) is 3.06. The summed E-state index contributed by atoms with van der Waals surface area (Å²) in [7, 11) is 0. The van der Waals surface area contributed by atoms with E-state index in [-0.39, 0.29) is 0 Å². The fourth-order valence-electron chi connectivity index (χ4n) is 0.441. The highest BCUT2D eigenvalue weighted by molar-refractivity contribution is 14.1. The van der Waals surface area contributed by atoms with Crippen molar-refractivity contribution in [3.63, 3.8) is 0 Å². The SMILES string of the molecule is NC(=O)O.Oc1ccc(I)cc1. The molecule has 0 bridgehead atoms. The van der Waals surface area contributed by atoms with Gasteiger partial charge in [-0.3, -0.25) is 0 Å². The van der Waals surface area contributed by atoms with Gasteiger partial charge in [-0.25, -0.2) is 4.79 Å². The normalized spacial score (nSPS) is 8.08. The molecule has 1 aromatic carbocycles. The van der Waals surface area contributed by atoms with Gasteiger partial charge in [0.2, 0.25) is 0 Å². The molecule has 4 nitrogen and oxygen atoms in total. The van der Waals surface area contributed by atoms with Gasteiger partial charge in [0, 0.05) is 3.57 Å². The highest BCUT2D eigenvalue weighted by Crippen LogP contribution is 2.10. The number of benzene rings is 1. The van der Waals surface area contributed by atoms with Crippen LogP contribution in [0.3, 0.4) is 0 Å². The molecule has 0 saturated carbocycles. The lowest BCUT2D eigenvalue weighted by Gasteiger charge is -1.87. The molecule has 0 heterocycles. The van der Waals surface area contributed by atoms with Crippen molar-refractivity contribution in [3.8, 4) is 5.75 Å². The number of phenols is 1. The van der Waals surface area contributed by atoms with Gasteiger partial charge in [-0.1, -0.05) is 0 Å². The number of primary amides is 1. The van der Waals surface area contributed by atoms with Crippen LogP contribution in [0.2, 0.25) is 0 Å². The van der Waals surface area contributed by atoms with Gasteiger partial charge in [0.1, 0.15) is 5.75 Å². The van der Waals surface area contributed by atoms with Gasteiger partial charge in [-0.2, -0.15) is 0 Å². The van der Waals surface area contributed by atoms with Crippen molar-refractivity contribution in [1.82, 2.24) is 0 Å². The third-order valence-electron chi connectivity index (χ3n) is 0.827. The molecule has 0 aromatic heterocycles. The molecule has 0 radical (unpaired) electrons. The third kappa shape index (κ3) is 7.13. The topological polar surface area (TPSA) is 83.6 Å². The maximum atomic E-state index is 8.78. The molecule has 0 spiro atoms. The van der Waals surface area contributed by atoms with Gasteiger partial charge >= 0.3 is 6.09 Å². The molecule has 0 saturated heterocycles. The molecule has 0 atom stereocenters. The quantitative estimate of drug-likeness (QED) is 0.632. The molecule has 0 aliphatic heterocycles. The van der Waals surface area contributed by atoms with Crippen molar-refractivity contribution in [2.24, 2.45) is 5.73 Å². The zero-order valence-corrected chi connectivity index (χ0v) is 8.22. The fraction of sp³-hybridized carbons (Fsp3) is 0. The molecule has 0 aliphatic rings. The predicted octanol–water partition coefficient (Wildman–Crippen LogP) is 1.62. The van der Waals surface area contributed by atoms with Crippen LogP contribution in [0.15, 0.2) is 24.3 Å². The van der Waals surface area contributed by atoms with E-state index in [1.54, 1.807) is 12.1 Å². The minimum absolute atomic E-state index is 0.324. The van der Waals surface area contributed by atoms with Crippen LogP contribution in [-0.2, 0) is 0 Å². The van der Waals surface area contributed by atoms with E-state index in [1.165, 1.54) is 0 Å². The number of carboxylic acid groups (broad SMARTS) is 1.